The molecular formula is C8H8O3S. The topological polar surface area (TPSA) is 43.4 Å². The van der Waals surface area contributed by atoms with Crippen molar-refractivity contribution in [2.45, 2.75) is 0 Å². The Balaban J connectivity index is 3.00. The standard InChI is InChI=1S/C8H8O3S/c1-11-8-4-2-7(3-5-8)6-12(9)10/h2-6H,1H3. The van der Waals surface area contributed by atoms with Crippen LogP contribution in [0.5, 0.6) is 5.75 Å². The Morgan fingerprint density at radius 2 is 1.83 bits per heavy atom. The molecule has 0 spiro atoms. The van der Waals surface area contributed by atoms with Crippen molar-refractivity contribution >= 4 is 15.7 Å². The molecule has 0 atom stereocenters. The summed E-state index contributed by atoms with van der Waals surface area (Å²) in [5, 5.41) is 1.14. The van der Waals surface area contributed by atoms with Crippen LogP contribution in [0.4, 0.5) is 0 Å². The highest BCUT2D eigenvalue weighted by Gasteiger charge is 1.90. The van der Waals surface area contributed by atoms with Crippen LogP contribution < -0.4 is 4.74 Å². The number of hydrogen-bond acceptors (Lipinski definition) is 3. The van der Waals surface area contributed by atoms with E-state index in [9.17, 15) is 8.42 Å². The molecule has 0 saturated heterocycles. The van der Waals surface area contributed by atoms with Gasteiger partial charge in [0.15, 0.2) is 0 Å². The van der Waals surface area contributed by atoms with E-state index in [4.69, 9.17) is 4.74 Å². The first kappa shape index (κ1) is 8.80. The third kappa shape index (κ3) is 2.39. The first-order valence-corrected chi connectivity index (χ1v) is 4.43. The van der Waals surface area contributed by atoms with Crippen molar-refractivity contribution in [3.63, 3.8) is 0 Å². The van der Waals surface area contributed by atoms with Crippen LogP contribution in [0.25, 0.3) is 0 Å². The summed E-state index contributed by atoms with van der Waals surface area (Å²) < 4.78 is 25.4. The molecule has 0 radical (unpaired) electrons. The summed E-state index contributed by atoms with van der Waals surface area (Å²) in [5.41, 5.74) is 0.643. The third-order valence-corrected chi connectivity index (χ3v) is 1.81. The van der Waals surface area contributed by atoms with Gasteiger partial charge in [0, 0.05) is 0 Å². The fraction of sp³-hybridized carbons (Fsp3) is 0.125. The summed E-state index contributed by atoms with van der Waals surface area (Å²) in [4.78, 5) is 0. The van der Waals surface area contributed by atoms with E-state index in [-0.39, 0.29) is 0 Å². The van der Waals surface area contributed by atoms with Gasteiger partial charge in [-0.15, -0.1) is 0 Å². The van der Waals surface area contributed by atoms with Crippen LogP contribution >= 0.6 is 0 Å². The minimum absolute atomic E-state index is 0.643. The molecule has 4 heteroatoms. The third-order valence-electron chi connectivity index (χ3n) is 1.35. The predicted molar refractivity (Wildman–Crippen MR) is 47.1 cm³/mol. The zero-order valence-corrected chi connectivity index (χ0v) is 7.34. The maximum absolute atomic E-state index is 10.2. The zero-order chi connectivity index (χ0) is 8.97. The normalized spacial score (nSPS) is 9.08. The largest absolute Gasteiger partial charge is 0.497 e. The quantitative estimate of drug-likeness (QED) is 0.636. The Kier molecular flexibility index (Phi) is 2.88. The summed E-state index contributed by atoms with van der Waals surface area (Å²) in [6, 6.07) is 6.76. The molecule has 0 unspecified atom stereocenters. The number of benzene rings is 1. The molecule has 0 N–H and O–H groups in total. The number of methoxy groups -OCH3 is 1. The van der Waals surface area contributed by atoms with E-state index < -0.39 is 10.3 Å². The minimum atomic E-state index is -2.14. The molecule has 0 aliphatic heterocycles. The van der Waals surface area contributed by atoms with E-state index in [1.165, 1.54) is 0 Å². The van der Waals surface area contributed by atoms with Gasteiger partial charge in [-0.2, -0.15) is 8.42 Å². The van der Waals surface area contributed by atoms with Crippen molar-refractivity contribution in [1.29, 1.82) is 0 Å². The van der Waals surface area contributed by atoms with E-state index in [0.29, 0.717) is 11.3 Å². The van der Waals surface area contributed by atoms with E-state index in [0.717, 1.165) is 5.37 Å². The molecule has 0 aromatic heterocycles. The fourth-order valence-corrected chi connectivity index (χ4v) is 1.17. The lowest BCUT2D eigenvalue weighted by molar-refractivity contribution is 0.415. The molecule has 0 saturated carbocycles. The lowest BCUT2D eigenvalue weighted by Gasteiger charge is -1.97. The zero-order valence-electron chi connectivity index (χ0n) is 6.52. The van der Waals surface area contributed by atoms with E-state index in [2.05, 4.69) is 0 Å². The van der Waals surface area contributed by atoms with Gasteiger partial charge in [0.2, 0.25) is 10.3 Å². The van der Waals surface area contributed by atoms with Gasteiger partial charge in [0.1, 0.15) is 5.75 Å². The number of rotatable bonds is 2. The second-order valence-corrected chi connectivity index (χ2v) is 2.91. The smallest absolute Gasteiger partial charge is 0.214 e. The second-order valence-electron chi connectivity index (χ2n) is 2.15. The number of ether oxygens (including phenoxy) is 1. The van der Waals surface area contributed by atoms with Crippen LogP contribution in [0.15, 0.2) is 24.3 Å². The molecule has 0 aliphatic carbocycles. The van der Waals surface area contributed by atoms with E-state index in [1.54, 1.807) is 31.4 Å². The van der Waals surface area contributed by atoms with Crippen molar-refractivity contribution < 1.29 is 13.2 Å². The fourth-order valence-electron chi connectivity index (χ4n) is 0.794. The maximum Gasteiger partial charge on any atom is 0.214 e. The van der Waals surface area contributed by atoms with Crippen LogP contribution in [0.2, 0.25) is 0 Å². The van der Waals surface area contributed by atoms with Crippen LogP contribution in [0.3, 0.4) is 0 Å². The molecule has 1 rings (SSSR count). The van der Waals surface area contributed by atoms with Gasteiger partial charge in [0.25, 0.3) is 0 Å². The maximum atomic E-state index is 10.2. The van der Waals surface area contributed by atoms with Crippen molar-refractivity contribution in [2.75, 3.05) is 7.11 Å². The van der Waals surface area contributed by atoms with Crippen molar-refractivity contribution in [2.24, 2.45) is 0 Å². The van der Waals surface area contributed by atoms with Gasteiger partial charge < -0.3 is 4.74 Å². The molecule has 64 valence electrons. The average Bonchev–Trinajstić information content (AvgIpc) is 2.05. The monoisotopic (exact) mass is 184 g/mol. The van der Waals surface area contributed by atoms with Gasteiger partial charge in [0.05, 0.1) is 12.5 Å². The molecule has 1 aromatic carbocycles. The Labute approximate surface area is 72.1 Å². The minimum Gasteiger partial charge on any atom is -0.497 e. The molecular weight excluding hydrogens is 176 g/mol. The average molecular weight is 184 g/mol. The van der Waals surface area contributed by atoms with Crippen molar-refractivity contribution in [3.05, 3.63) is 29.8 Å². The molecule has 3 nitrogen and oxygen atoms in total. The first-order valence-electron chi connectivity index (χ1n) is 3.29. The van der Waals surface area contributed by atoms with Crippen molar-refractivity contribution in [3.8, 4) is 5.75 Å². The Morgan fingerprint density at radius 1 is 1.25 bits per heavy atom. The molecule has 0 amide bonds. The summed E-state index contributed by atoms with van der Waals surface area (Å²) in [7, 11) is -0.581. The van der Waals surface area contributed by atoms with Gasteiger partial charge in [-0.1, -0.05) is 12.1 Å². The molecule has 0 fully saturated rings. The van der Waals surface area contributed by atoms with E-state index in [1.807, 2.05) is 0 Å². The highest BCUT2D eigenvalue weighted by Crippen LogP contribution is 2.09. The summed E-state index contributed by atoms with van der Waals surface area (Å²) >= 11 is 0. The molecule has 0 bridgehead atoms. The first-order chi connectivity index (χ1) is 5.72. The lowest BCUT2D eigenvalue weighted by atomic mass is 10.2. The molecule has 0 aliphatic rings. The van der Waals surface area contributed by atoms with Crippen LogP contribution in [-0.2, 0) is 10.3 Å². The molecule has 0 heterocycles. The van der Waals surface area contributed by atoms with E-state index >= 15 is 0 Å². The molecule has 1 aromatic rings. The SMILES string of the molecule is COc1ccc(C=S(=O)=O)cc1. The second kappa shape index (κ2) is 3.92. The Morgan fingerprint density at radius 3 is 2.25 bits per heavy atom. The van der Waals surface area contributed by atoms with Crippen LogP contribution in [0.1, 0.15) is 5.56 Å². The van der Waals surface area contributed by atoms with Crippen LogP contribution in [-0.4, -0.2) is 20.9 Å². The Bertz CT molecular complexity index is 367. The molecule has 12 heavy (non-hydrogen) atoms. The summed E-state index contributed by atoms with van der Waals surface area (Å²) in [6.07, 6.45) is 0. The summed E-state index contributed by atoms with van der Waals surface area (Å²) in [5.74, 6) is 0.712. The number of hydrogen-bond donors (Lipinski definition) is 0. The van der Waals surface area contributed by atoms with Gasteiger partial charge in [-0.3, -0.25) is 0 Å². The highest BCUT2D eigenvalue weighted by molar-refractivity contribution is 7.71. The predicted octanol–water partition coefficient (Wildman–Crippen LogP) is 0.725. The van der Waals surface area contributed by atoms with Gasteiger partial charge in [-0.25, -0.2) is 0 Å². The van der Waals surface area contributed by atoms with Crippen LogP contribution in [0, 0.1) is 0 Å². The van der Waals surface area contributed by atoms with Gasteiger partial charge in [-0.05, 0) is 17.7 Å². The van der Waals surface area contributed by atoms with Gasteiger partial charge >= 0.3 is 0 Å². The summed E-state index contributed by atoms with van der Waals surface area (Å²) in [6.45, 7) is 0. The Hall–Kier alpha value is -1.29. The van der Waals surface area contributed by atoms with Crippen molar-refractivity contribution in [1.82, 2.24) is 0 Å². The highest BCUT2D eigenvalue weighted by atomic mass is 32.2. The lowest BCUT2D eigenvalue weighted by Crippen LogP contribution is -1.84.